The molecule has 1 rings (SSSR count). The lowest BCUT2D eigenvalue weighted by Crippen LogP contribution is -2.37. The highest BCUT2D eigenvalue weighted by Crippen LogP contribution is 2.34. The van der Waals surface area contributed by atoms with E-state index in [0.717, 1.165) is 35.8 Å². The summed E-state index contributed by atoms with van der Waals surface area (Å²) in [7, 11) is 4.96. The van der Waals surface area contributed by atoms with E-state index in [9.17, 15) is 0 Å². The fourth-order valence-electron chi connectivity index (χ4n) is 1.89. The number of nitrogens with one attached hydrogen (secondary N) is 1. The standard InChI is InChI=1S/C15H25NO3/c1-15(2,3)16-8-7-12-13(18-5)9-11(17-4)10-14(12)19-6/h9-10,16H,7-8H2,1-6H3. The number of ether oxygens (including phenoxy) is 3. The van der Waals surface area contributed by atoms with Gasteiger partial charge in [-0.25, -0.2) is 0 Å². The minimum Gasteiger partial charge on any atom is -0.496 e. The Balaban J connectivity index is 2.91. The van der Waals surface area contributed by atoms with Gasteiger partial charge in [0.25, 0.3) is 0 Å². The van der Waals surface area contributed by atoms with Crippen molar-refractivity contribution in [1.82, 2.24) is 5.32 Å². The van der Waals surface area contributed by atoms with Crippen LogP contribution in [-0.2, 0) is 6.42 Å². The van der Waals surface area contributed by atoms with Gasteiger partial charge in [0, 0.05) is 23.2 Å². The summed E-state index contributed by atoms with van der Waals surface area (Å²) in [4.78, 5) is 0. The van der Waals surface area contributed by atoms with Gasteiger partial charge in [0.05, 0.1) is 21.3 Å². The van der Waals surface area contributed by atoms with Crippen LogP contribution in [0, 0.1) is 0 Å². The first kappa shape index (κ1) is 15.6. The van der Waals surface area contributed by atoms with Crippen LogP contribution in [0.2, 0.25) is 0 Å². The number of methoxy groups -OCH3 is 3. The molecule has 4 nitrogen and oxygen atoms in total. The van der Waals surface area contributed by atoms with Crippen molar-refractivity contribution >= 4 is 0 Å². The molecule has 0 bridgehead atoms. The third-order valence-electron chi connectivity index (χ3n) is 2.85. The summed E-state index contributed by atoms with van der Waals surface area (Å²) in [6.07, 6.45) is 0.841. The van der Waals surface area contributed by atoms with Gasteiger partial charge in [-0.3, -0.25) is 0 Å². The molecule has 0 aromatic heterocycles. The predicted octanol–water partition coefficient (Wildman–Crippen LogP) is 2.64. The van der Waals surface area contributed by atoms with Crippen LogP contribution in [-0.4, -0.2) is 33.4 Å². The average Bonchev–Trinajstić information content (AvgIpc) is 2.37. The van der Waals surface area contributed by atoms with Crippen LogP contribution in [0.25, 0.3) is 0 Å². The minimum atomic E-state index is 0.104. The Labute approximate surface area is 116 Å². The molecule has 0 amide bonds. The molecule has 0 spiro atoms. The van der Waals surface area contributed by atoms with E-state index < -0.39 is 0 Å². The Morgan fingerprint density at radius 2 is 1.47 bits per heavy atom. The maximum atomic E-state index is 5.43. The van der Waals surface area contributed by atoms with Gasteiger partial charge in [0.2, 0.25) is 0 Å². The zero-order valence-corrected chi connectivity index (χ0v) is 12.8. The van der Waals surface area contributed by atoms with Crippen LogP contribution >= 0.6 is 0 Å². The van der Waals surface area contributed by atoms with E-state index in [1.165, 1.54) is 0 Å². The quantitative estimate of drug-likeness (QED) is 0.860. The first-order chi connectivity index (χ1) is 8.91. The number of benzene rings is 1. The average molecular weight is 267 g/mol. The molecule has 0 aliphatic rings. The monoisotopic (exact) mass is 267 g/mol. The first-order valence-electron chi connectivity index (χ1n) is 6.45. The molecule has 19 heavy (non-hydrogen) atoms. The van der Waals surface area contributed by atoms with Crippen molar-refractivity contribution in [2.24, 2.45) is 0 Å². The smallest absolute Gasteiger partial charge is 0.129 e. The second-order valence-corrected chi connectivity index (χ2v) is 5.44. The summed E-state index contributed by atoms with van der Waals surface area (Å²) in [6.45, 7) is 7.31. The molecule has 0 aliphatic heterocycles. The molecule has 1 aromatic carbocycles. The second-order valence-electron chi connectivity index (χ2n) is 5.44. The molecule has 0 unspecified atom stereocenters. The Morgan fingerprint density at radius 3 is 1.84 bits per heavy atom. The zero-order valence-electron chi connectivity index (χ0n) is 12.8. The van der Waals surface area contributed by atoms with Crippen molar-refractivity contribution in [3.8, 4) is 17.2 Å². The summed E-state index contributed by atoms with van der Waals surface area (Å²) in [5.74, 6) is 2.33. The van der Waals surface area contributed by atoms with Gasteiger partial charge in [-0.2, -0.15) is 0 Å². The highest BCUT2D eigenvalue weighted by atomic mass is 16.5. The van der Waals surface area contributed by atoms with Crippen molar-refractivity contribution in [3.05, 3.63) is 17.7 Å². The van der Waals surface area contributed by atoms with Gasteiger partial charge in [0.1, 0.15) is 17.2 Å². The summed E-state index contributed by atoms with van der Waals surface area (Å²) >= 11 is 0. The van der Waals surface area contributed by atoms with Crippen molar-refractivity contribution in [2.75, 3.05) is 27.9 Å². The topological polar surface area (TPSA) is 39.7 Å². The molecular formula is C15H25NO3. The van der Waals surface area contributed by atoms with E-state index in [-0.39, 0.29) is 5.54 Å². The van der Waals surface area contributed by atoms with E-state index >= 15 is 0 Å². The Bertz CT molecular complexity index is 385. The molecule has 0 saturated carbocycles. The maximum absolute atomic E-state index is 5.43. The van der Waals surface area contributed by atoms with Crippen LogP contribution in [0.15, 0.2) is 12.1 Å². The van der Waals surface area contributed by atoms with Gasteiger partial charge in [-0.05, 0) is 33.7 Å². The minimum absolute atomic E-state index is 0.104. The van der Waals surface area contributed by atoms with E-state index in [1.54, 1.807) is 21.3 Å². The summed E-state index contributed by atoms with van der Waals surface area (Å²) in [6, 6.07) is 3.77. The third kappa shape index (κ3) is 4.63. The lowest BCUT2D eigenvalue weighted by molar-refractivity contribution is 0.365. The molecule has 0 heterocycles. The Kier molecular flexibility index (Phi) is 5.48. The van der Waals surface area contributed by atoms with Crippen LogP contribution in [0.5, 0.6) is 17.2 Å². The SMILES string of the molecule is COc1cc(OC)c(CCNC(C)(C)C)c(OC)c1. The van der Waals surface area contributed by atoms with E-state index in [2.05, 4.69) is 26.1 Å². The van der Waals surface area contributed by atoms with Crippen LogP contribution < -0.4 is 19.5 Å². The van der Waals surface area contributed by atoms with Crippen LogP contribution in [0.3, 0.4) is 0 Å². The van der Waals surface area contributed by atoms with Crippen molar-refractivity contribution in [1.29, 1.82) is 0 Å². The Hall–Kier alpha value is -1.42. The maximum Gasteiger partial charge on any atom is 0.129 e. The molecule has 0 saturated heterocycles. The molecule has 1 aromatic rings. The van der Waals surface area contributed by atoms with Gasteiger partial charge in [-0.1, -0.05) is 0 Å². The second kappa shape index (κ2) is 6.66. The van der Waals surface area contributed by atoms with Crippen molar-refractivity contribution < 1.29 is 14.2 Å². The molecule has 0 fully saturated rings. The van der Waals surface area contributed by atoms with Crippen LogP contribution in [0.1, 0.15) is 26.3 Å². The highest BCUT2D eigenvalue weighted by Gasteiger charge is 2.14. The van der Waals surface area contributed by atoms with Crippen molar-refractivity contribution in [3.63, 3.8) is 0 Å². The summed E-state index contributed by atoms with van der Waals surface area (Å²) in [5.41, 5.74) is 1.16. The molecule has 0 radical (unpaired) electrons. The first-order valence-corrected chi connectivity index (χ1v) is 6.45. The predicted molar refractivity (Wildman–Crippen MR) is 77.6 cm³/mol. The summed E-state index contributed by atoms with van der Waals surface area (Å²) < 4.78 is 16.1. The largest absolute Gasteiger partial charge is 0.496 e. The molecular weight excluding hydrogens is 242 g/mol. The Morgan fingerprint density at radius 1 is 0.947 bits per heavy atom. The van der Waals surface area contributed by atoms with E-state index in [1.807, 2.05) is 12.1 Å². The van der Waals surface area contributed by atoms with E-state index in [4.69, 9.17) is 14.2 Å². The number of hydrogen-bond donors (Lipinski definition) is 1. The number of rotatable bonds is 6. The molecule has 0 aliphatic carbocycles. The van der Waals surface area contributed by atoms with Crippen molar-refractivity contribution in [2.45, 2.75) is 32.7 Å². The molecule has 108 valence electrons. The molecule has 0 atom stereocenters. The zero-order chi connectivity index (χ0) is 14.5. The van der Waals surface area contributed by atoms with E-state index in [0.29, 0.717) is 0 Å². The fraction of sp³-hybridized carbons (Fsp3) is 0.600. The lowest BCUT2D eigenvalue weighted by Gasteiger charge is -2.21. The highest BCUT2D eigenvalue weighted by molar-refractivity contribution is 5.50. The van der Waals surface area contributed by atoms with Crippen LogP contribution in [0.4, 0.5) is 0 Å². The van der Waals surface area contributed by atoms with Gasteiger partial charge in [0.15, 0.2) is 0 Å². The van der Waals surface area contributed by atoms with Gasteiger partial charge >= 0.3 is 0 Å². The molecule has 1 N–H and O–H groups in total. The molecule has 4 heteroatoms. The normalized spacial score (nSPS) is 11.3. The van der Waals surface area contributed by atoms with Gasteiger partial charge < -0.3 is 19.5 Å². The van der Waals surface area contributed by atoms with Gasteiger partial charge in [-0.15, -0.1) is 0 Å². The lowest BCUT2D eigenvalue weighted by atomic mass is 10.1. The number of hydrogen-bond acceptors (Lipinski definition) is 4. The summed E-state index contributed by atoms with van der Waals surface area (Å²) in [5, 5.41) is 3.46. The fourth-order valence-corrected chi connectivity index (χ4v) is 1.89. The third-order valence-corrected chi connectivity index (χ3v) is 2.85.